The van der Waals surface area contributed by atoms with Crippen molar-refractivity contribution >= 4 is 23.2 Å². The molecule has 4 rings (SSSR count). The summed E-state index contributed by atoms with van der Waals surface area (Å²) < 4.78 is 19.4. The molecule has 7 heteroatoms. The second-order valence-electron chi connectivity index (χ2n) is 5.58. The first-order chi connectivity index (χ1) is 11.7. The van der Waals surface area contributed by atoms with Gasteiger partial charge in [-0.3, -0.25) is 4.79 Å². The minimum Gasteiger partial charge on any atom is -0.404 e. The quantitative estimate of drug-likeness (QED) is 0.723. The van der Waals surface area contributed by atoms with Crippen LogP contribution in [-0.2, 0) is 0 Å². The number of hydrogen-bond acceptors (Lipinski definition) is 5. The number of piperazine rings is 1. The van der Waals surface area contributed by atoms with E-state index in [1.165, 1.54) is 12.1 Å². The lowest BCUT2D eigenvalue weighted by Gasteiger charge is -2.33. The Bertz CT molecular complexity index is 854. The molecule has 1 fully saturated rings. The normalized spacial score (nSPS) is 15.0. The van der Waals surface area contributed by atoms with E-state index in [1.807, 2.05) is 11.0 Å². The topological polar surface area (TPSA) is 62.5 Å². The monoisotopic (exact) mass is 326 g/mol. The van der Waals surface area contributed by atoms with Crippen molar-refractivity contribution in [2.75, 3.05) is 31.1 Å². The molecule has 1 amide bonds. The number of amides is 1. The maximum absolute atomic E-state index is 13.8. The summed E-state index contributed by atoms with van der Waals surface area (Å²) in [6.45, 7) is 2.12. The molecule has 0 aliphatic carbocycles. The van der Waals surface area contributed by atoms with E-state index in [0.29, 0.717) is 43.4 Å². The molecule has 3 aromatic rings. The maximum atomic E-state index is 13.8. The molecule has 1 aliphatic rings. The number of hydrogen-bond donors (Lipinski definition) is 0. The lowest BCUT2D eigenvalue weighted by Crippen LogP contribution is -2.49. The van der Waals surface area contributed by atoms with Gasteiger partial charge in [-0.15, -0.1) is 0 Å². The average molecular weight is 326 g/mol. The highest BCUT2D eigenvalue weighted by Crippen LogP contribution is 2.21. The zero-order valence-electron chi connectivity index (χ0n) is 12.9. The first-order valence-electron chi connectivity index (χ1n) is 7.73. The van der Waals surface area contributed by atoms with Crippen LogP contribution in [0.2, 0.25) is 0 Å². The maximum Gasteiger partial charge on any atom is 0.299 e. The molecule has 0 bridgehead atoms. The Morgan fingerprint density at radius 1 is 1.08 bits per heavy atom. The predicted octanol–water partition coefficient (Wildman–Crippen LogP) is 2.32. The lowest BCUT2D eigenvalue weighted by atomic mass is 10.1. The van der Waals surface area contributed by atoms with Gasteiger partial charge in [-0.2, -0.15) is 4.98 Å². The minimum atomic E-state index is -0.491. The number of nitrogens with zero attached hydrogens (tertiary/aromatic N) is 4. The number of carbonyl (C=O) groups excluding carboxylic acids is 1. The molecule has 6 nitrogen and oxygen atoms in total. The fraction of sp³-hybridized carbons (Fsp3) is 0.235. The van der Waals surface area contributed by atoms with E-state index in [1.54, 1.807) is 29.3 Å². The lowest BCUT2D eigenvalue weighted by molar-refractivity contribution is 0.0740. The van der Waals surface area contributed by atoms with Crippen molar-refractivity contribution in [3.8, 4) is 0 Å². The summed E-state index contributed by atoms with van der Waals surface area (Å²) in [7, 11) is 0. The molecular weight excluding hydrogens is 311 g/mol. The van der Waals surface area contributed by atoms with Crippen molar-refractivity contribution in [3.05, 3.63) is 54.0 Å². The Morgan fingerprint density at radius 3 is 2.62 bits per heavy atom. The summed E-state index contributed by atoms with van der Waals surface area (Å²) in [6, 6.07) is 10.2. The van der Waals surface area contributed by atoms with Crippen LogP contribution < -0.4 is 4.90 Å². The van der Waals surface area contributed by atoms with Gasteiger partial charge in [0.05, 0.1) is 5.56 Å². The summed E-state index contributed by atoms with van der Waals surface area (Å²) in [5, 5.41) is 0. The van der Waals surface area contributed by atoms with Gasteiger partial charge < -0.3 is 14.2 Å². The van der Waals surface area contributed by atoms with Crippen molar-refractivity contribution in [2.24, 2.45) is 0 Å². The van der Waals surface area contributed by atoms with E-state index in [9.17, 15) is 9.18 Å². The Kier molecular flexibility index (Phi) is 3.60. The van der Waals surface area contributed by atoms with Gasteiger partial charge in [-0.1, -0.05) is 12.1 Å². The number of halogens is 1. The third-order valence-corrected chi connectivity index (χ3v) is 4.10. The second-order valence-corrected chi connectivity index (χ2v) is 5.58. The van der Waals surface area contributed by atoms with Crippen LogP contribution in [0.25, 0.3) is 11.2 Å². The predicted molar refractivity (Wildman–Crippen MR) is 86.3 cm³/mol. The number of fused-ring (bicyclic) bond motifs is 1. The van der Waals surface area contributed by atoms with E-state index in [2.05, 4.69) is 9.97 Å². The zero-order chi connectivity index (χ0) is 16.5. The van der Waals surface area contributed by atoms with Crippen LogP contribution in [-0.4, -0.2) is 47.0 Å². The third-order valence-electron chi connectivity index (χ3n) is 4.10. The van der Waals surface area contributed by atoms with Crippen molar-refractivity contribution in [1.82, 2.24) is 14.9 Å². The molecule has 0 atom stereocenters. The number of rotatable bonds is 2. The molecule has 3 heterocycles. The third kappa shape index (κ3) is 2.58. The summed E-state index contributed by atoms with van der Waals surface area (Å²) in [6.07, 6.45) is 1.66. The number of pyridine rings is 1. The van der Waals surface area contributed by atoms with E-state index in [0.717, 1.165) is 0 Å². The van der Waals surface area contributed by atoms with Gasteiger partial charge >= 0.3 is 0 Å². The highest BCUT2D eigenvalue weighted by Gasteiger charge is 2.26. The number of aromatic nitrogens is 2. The van der Waals surface area contributed by atoms with Crippen molar-refractivity contribution in [3.63, 3.8) is 0 Å². The van der Waals surface area contributed by atoms with Gasteiger partial charge in [0.1, 0.15) is 11.3 Å². The van der Waals surface area contributed by atoms with Crippen LogP contribution in [0.15, 0.2) is 47.0 Å². The highest BCUT2D eigenvalue weighted by atomic mass is 19.1. The van der Waals surface area contributed by atoms with Crippen molar-refractivity contribution < 1.29 is 13.6 Å². The van der Waals surface area contributed by atoms with Crippen LogP contribution in [0.5, 0.6) is 0 Å². The van der Waals surface area contributed by atoms with Crippen molar-refractivity contribution in [2.45, 2.75) is 0 Å². The highest BCUT2D eigenvalue weighted by molar-refractivity contribution is 5.94. The van der Waals surface area contributed by atoms with Gasteiger partial charge in [0.25, 0.3) is 11.9 Å². The molecule has 0 unspecified atom stereocenters. The first-order valence-corrected chi connectivity index (χ1v) is 7.73. The number of benzene rings is 1. The largest absolute Gasteiger partial charge is 0.404 e. The van der Waals surface area contributed by atoms with Crippen LogP contribution in [0.3, 0.4) is 0 Å². The Hall–Kier alpha value is -2.96. The summed E-state index contributed by atoms with van der Waals surface area (Å²) >= 11 is 0. The minimum absolute atomic E-state index is 0.108. The number of carbonyl (C=O) groups is 1. The van der Waals surface area contributed by atoms with Crippen LogP contribution in [0.4, 0.5) is 10.4 Å². The standard InChI is InChI=1S/C17H15FN4O2/c18-13-5-2-1-4-12(13)16(23)21-8-10-22(11-9-21)17-20-14-6-3-7-19-15(14)24-17/h1-7H,8-11H2. The molecule has 0 saturated carbocycles. The summed E-state index contributed by atoms with van der Waals surface area (Å²) in [5.41, 5.74) is 1.31. The molecule has 1 aromatic carbocycles. The zero-order valence-corrected chi connectivity index (χ0v) is 12.9. The first kappa shape index (κ1) is 14.6. The van der Waals surface area contributed by atoms with E-state index in [4.69, 9.17) is 4.42 Å². The Morgan fingerprint density at radius 2 is 1.88 bits per heavy atom. The molecule has 122 valence electrons. The Labute approximate surface area is 137 Å². The number of anilines is 1. The van der Waals surface area contributed by atoms with Gasteiger partial charge in [0, 0.05) is 32.4 Å². The van der Waals surface area contributed by atoms with Gasteiger partial charge in [0.2, 0.25) is 5.71 Å². The van der Waals surface area contributed by atoms with Crippen molar-refractivity contribution in [1.29, 1.82) is 0 Å². The average Bonchev–Trinajstić information content (AvgIpc) is 3.06. The van der Waals surface area contributed by atoms with E-state index >= 15 is 0 Å². The Balaban J connectivity index is 1.47. The molecule has 1 saturated heterocycles. The van der Waals surface area contributed by atoms with Gasteiger partial charge in [0.15, 0.2) is 0 Å². The van der Waals surface area contributed by atoms with Crippen LogP contribution >= 0.6 is 0 Å². The second kappa shape index (κ2) is 5.92. The fourth-order valence-corrected chi connectivity index (χ4v) is 2.80. The molecule has 2 aromatic heterocycles. The fourth-order valence-electron chi connectivity index (χ4n) is 2.80. The smallest absolute Gasteiger partial charge is 0.299 e. The summed E-state index contributed by atoms with van der Waals surface area (Å²) in [4.78, 5) is 24.6. The molecule has 0 N–H and O–H groups in total. The summed E-state index contributed by atoms with van der Waals surface area (Å²) in [5.74, 6) is -0.776. The van der Waals surface area contributed by atoms with E-state index in [-0.39, 0.29) is 11.5 Å². The number of oxazole rings is 1. The van der Waals surface area contributed by atoms with Gasteiger partial charge in [-0.05, 0) is 24.3 Å². The molecule has 0 spiro atoms. The molecular formula is C17H15FN4O2. The molecule has 24 heavy (non-hydrogen) atoms. The van der Waals surface area contributed by atoms with Crippen LogP contribution in [0, 0.1) is 5.82 Å². The van der Waals surface area contributed by atoms with Gasteiger partial charge in [-0.25, -0.2) is 9.37 Å². The van der Waals surface area contributed by atoms with E-state index < -0.39 is 5.82 Å². The molecule has 1 aliphatic heterocycles. The SMILES string of the molecule is O=C(c1ccccc1F)N1CCN(c2nc3cccnc3o2)CC1. The molecule has 0 radical (unpaired) electrons. The van der Waals surface area contributed by atoms with Crippen LogP contribution in [0.1, 0.15) is 10.4 Å².